The van der Waals surface area contributed by atoms with Crippen molar-refractivity contribution in [1.82, 2.24) is 5.32 Å². The summed E-state index contributed by atoms with van der Waals surface area (Å²) in [4.78, 5) is 14.9. The summed E-state index contributed by atoms with van der Waals surface area (Å²) in [5.41, 5.74) is 0.120. The lowest BCUT2D eigenvalue weighted by molar-refractivity contribution is -0.0907. The predicted molar refractivity (Wildman–Crippen MR) is 156 cm³/mol. The number of nitrogens with one attached hydrogen (secondary N) is 1. The van der Waals surface area contributed by atoms with Crippen LogP contribution in [0, 0.1) is 0 Å². The van der Waals surface area contributed by atoms with E-state index in [0.717, 1.165) is 17.7 Å². The molecular weight excluding hydrogens is 607 g/mol. The first kappa shape index (κ1) is 33.6. The third kappa shape index (κ3) is 8.66. The maximum atomic E-state index is 13.0. The number of nitrogens with zero attached hydrogens (tertiary/aromatic N) is 1. The van der Waals surface area contributed by atoms with Gasteiger partial charge in [-0.2, -0.15) is 13.2 Å². The number of sulfone groups is 1. The zero-order valence-corrected chi connectivity index (χ0v) is 25.1. The van der Waals surface area contributed by atoms with Gasteiger partial charge in [-0.25, -0.2) is 17.2 Å². The van der Waals surface area contributed by atoms with Crippen LogP contribution in [-0.2, 0) is 25.9 Å². The number of anilines is 1. The molecule has 1 amide bonds. The van der Waals surface area contributed by atoms with E-state index in [9.17, 15) is 35.2 Å². The first-order chi connectivity index (χ1) is 20.7. The fourth-order valence-electron chi connectivity index (χ4n) is 5.19. The average Bonchev–Trinajstić information content (AvgIpc) is 3.37. The molecule has 0 bridgehead atoms. The van der Waals surface area contributed by atoms with E-state index in [1.54, 1.807) is 50.2 Å². The minimum absolute atomic E-state index is 0.00450. The first-order valence-electron chi connectivity index (χ1n) is 14.2. The quantitative estimate of drug-likeness (QED) is 0.292. The number of hydrogen-bond acceptors (Lipinski definition) is 6. The highest BCUT2D eigenvalue weighted by Gasteiger charge is 2.40. The van der Waals surface area contributed by atoms with Gasteiger partial charge in [-0.3, -0.25) is 4.79 Å². The number of alkyl halides is 5. The second-order valence-corrected chi connectivity index (χ2v) is 13.3. The van der Waals surface area contributed by atoms with Crippen LogP contribution < -0.4 is 10.2 Å². The normalized spacial score (nSPS) is 22.4. The summed E-state index contributed by atoms with van der Waals surface area (Å²) in [6.45, 7) is 3.07. The van der Waals surface area contributed by atoms with E-state index in [1.165, 1.54) is 18.2 Å². The van der Waals surface area contributed by atoms with Gasteiger partial charge in [-0.1, -0.05) is 37.3 Å². The van der Waals surface area contributed by atoms with Crippen molar-refractivity contribution in [2.24, 2.45) is 0 Å². The Bertz CT molecular complexity index is 1460. The summed E-state index contributed by atoms with van der Waals surface area (Å²) < 4.78 is 100. The van der Waals surface area contributed by atoms with Crippen molar-refractivity contribution in [1.29, 1.82) is 0 Å². The number of amides is 1. The summed E-state index contributed by atoms with van der Waals surface area (Å²) in [5.74, 6) is -0.349. The lowest BCUT2D eigenvalue weighted by Gasteiger charge is -2.32. The fourth-order valence-corrected chi connectivity index (χ4v) is 6.07. The molecule has 1 fully saturated rings. The molecule has 0 aromatic heterocycles. The van der Waals surface area contributed by atoms with Crippen molar-refractivity contribution < 1.29 is 44.6 Å². The summed E-state index contributed by atoms with van der Waals surface area (Å²) in [5, 5.41) is 2.80. The molecule has 1 N–H and O–H groups in total. The third-order valence-electron chi connectivity index (χ3n) is 7.61. The maximum Gasteiger partial charge on any atom is 0.416 e. The molecule has 2 aromatic rings. The van der Waals surface area contributed by atoms with E-state index in [0.29, 0.717) is 24.2 Å². The van der Waals surface area contributed by atoms with E-state index in [4.69, 9.17) is 9.47 Å². The zero-order chi connectivity index (χ0) is 32.1. The highest BCUT2D eigenvalue weighted by Crippen LogP contribution is 2.36. The SMILES string of the molecule is CCS(=O)(=O)c1ccc(CNC(=O)c2ccc(N3C[C@H](OC4(C)C=CC(C(F)(F)F)=CC4)C[C@H]3COCC(F)F)cc2)cc1. The number of carbonyl (C=O) groups is 1. The molecule has 0 radical (unpaired) electrons. The van der Waals surface area contributed by atoms with Crippen LogP contribution in [0.1, 0.15) is 42.6 Å². The van der Waals surface area contributed by atoms with Gasteiger partial charge in [0.1, 0.15) is 6.61 Å². The Kier molecular flexibility index (Phi) is 10.5. The topological polar surface area (TPSA) is 84.9 Å². The van der Waals surface area contributed by atoms with Crippen molar-refractivity contribution in [2.75, 3.05) is 30.4 Å². The highest BCUT2D eigenvalue weighted by atomic mass is 32.2. The predicted octanol–water partition coefficient (Wildman–Crippen LogP) is 5.86. The van der Waals surface area contributed by atoms with Crippen LogP contribution >= 0.6 is 0 Å². The minimum Gasteiger partial charge on any atom is -0.373 e. The van der Waals surface area contributed by atoms with Crippen LogP contribution in [0.25, 0.3) is 0 Å². The molecule has 1 aliphatic carbocycles. The van der Waals surface area contributed by atoms with E-state index in [2.05, 4.69) is 5.32 Å². The molecule has 4 rings (SSSR count). The number of rotatable bonds is 12. The number of carbonyl (C=O) groups excluding carboxylic acids is 1. The molecule has 0 spiro atoms. The summed E-state index contributed by atoms with van der Waals surface area (Å²) in [6.07, 6.45) is -3.53. The smallest absolute Gasteiger partial charge is 0.373 e. The molecule has 1 aliphatic heterocycles. The number of halogens is 5. The fraction of sp³-hybridized carbons (Fsp3) is 0.452. The van der Waals surface area contributed by atoms with Gasteiger partial charge >= 0.3 is 6.18 Å². The number of allylic oxidation sites excluding steroid dienone is 2. The van der Waals surface area contributed by atoms with Crippen molar-refractivity contribution in [3.05, 3.63) is 83.5 Å². The monoisotopic (exact) mass is 642 g/mol. The van der Waals surface area contributed by atoms with Crippen molar-refractivity contribution >= 4 is 21.4 Å². The molecule has 44 heavy (non-hydrogen) atoms. The van der Waals surface area contributed by atoms with Gasteiger partial charge in [0.15, 0.2) is 9.84 Å². The molecule has 1 saturated heterocycles. The van der Waals surface area contributed by atoms with Crippen LogP contribution in [0.4, 0.5) is 27.6 Å². The van der Waals surface area contributed by atoms with Crippen LogP contribution in [0.2, 0.25) is 0 Å². The van der Waals surface area contributed by atoms with Crippen LogP contribution in [0.5, 0.6) is 0 Å². The number of hydrogen-bond donors (Lipinski definition) is 1. The largest absolute Gasteiger partial charge is 0.416 e. The summed E-state index contributed by atoms with van der Waals surface area (Å²) in [7, 11) is -3.32. The molecule has 2 aromatic carbocycles. The average molecular weight is 643 g/mol. The zero-order valence-electron chi connectivity index (χ0n) is 24.3. The summed E-state index contributed by atoms with van der Waals surface area (Å²) in [6, 6.07) is 12.7. The molecular formula is C31H35F5N2O5S. The van der Waals surface area contributed by atoms with Crippen LogP contribution in [-0.4, -0.2) is 70.2 Å². The summed E-state index contributed by atoms with van der Waals surface area (Å²) >= 11 is 0. The lowest BCUT2D eigenvalue weighted by atomic mass is 9.93. The van der Waals surface area contributed by atoms with Crippen molar-refractivity contribution in [2.45, 2.75) is 68.5 Å². The standard InChI is InChI=1S/C31H35F5N2O5S/c1-3-44(40,41)27-10-4-21(5-11-27)17-37-29(39)22-6-8-24(9-7-22)38-18-26(16-25(38)19-42-20-28(32)33)43-30(2)14-12-23(13-15-30)31(34,35)36/h4-14,25-26,28H,3,15-20H2,1-2H3,(H,37,39)/t25-,26+,30?/m0/s1. The van der Waals surface area contributed by atoms with Crippen LogP contribution in [0.15, 0.2) is 77.2 Å². The van der Waals surface area contributed by atoms with Crippen molar-refractivity contribution in [3.8, 4) is 0 Å². The number of benzene rings is 2. The Hall–Kier alpha value is -3.29. The Morgan fingerprint density at radius 3 is 2.36 bits per heavy atom. The van der Waals surface area contributed by atoms with Gasteiger partial charge in [0.2, 0.25) is 0 Å². The van der Waals surface area contributed by atoms with Crippen LogP contribution in [0.3, 0.4) is 0 Å². The first-order valence-corrected chi connectivity index (χ1v) is 15.8. The molecule has 13 heteroatoms. The second-order valence-electron chi connectivity index (χ2n) is 11.0. The molecule has 3 atom stereocenters. The van der Waals surface area contributed by atoms with Gasteiger partial charge in [0.25, 0.3) is 12.3 Å². The Morgan fingerprint density at radius 2 is 1.80 bits per heavy atom. The Balaban J connectivity index is 1.39. The second kappa shape index (κ2) is 13.8. The van der Waals surface area contributed by atoms with Gasteiger partial charge in [0.05, 0.1) is 40.6 Å². The molecule has 2 aliphatic rings. The number of ether oxygens (including phenoxy) is 2. The van der Waals surface area contributed by atoms with E-state index in [1.807, 2.05) is 4.90 Å². The molecule has 0 saturated carbocycles. The van der Waals surface area contributed by atoms with Crippen molar-refractivity contribution in [3.63, 3.8) is 0 Å². The minimum atomic E-state index is -4.44. The third-order valence-corrected chi connectivity index (χ3v) is 9.36. The maximum absolute atomic E-state index is 13.0. The van der Waals surface area contributed by atoms with Gasteiger partial charge < -0.3 is 19.7 Å². The molecule has 240 valence electrons. The van der Waals surface area contributed by atoms with E-state index >= 15 is 0 Å². The Labute approximate surface area is 253 Å². The highest BCUT2D eigenvalue weighted by molar-refractivity contribution is 7.91. The van der Waals surface area contributed by atoms with Gasteiger partial charge in [-0.05, 0) is 61.7 Å². The van der Waals surface area contributed by atoms with Gasteiger partial charge in [0, 0.05) is 24.3 Å². The van der Waals surface area contributed by atoms with E-state index in [-0.39, 0.29) is 42.2 Å². The molecule has 1 unspecified atom stereocenters. The van der Waals surface area contributed by atoms with Gasteiger partial charge in [-0.15, -0.1) is 0 Å². The molecule has 1 heterocycles. The molecule has 7 nitrogen and oxygen atoms in total. The Morgan fingerprint density at radius 1 is 1.11 bits per heavy atom. The lowest BCUT2D eigenvalue weighted by Crippen LogP contribution is -2.35. The van der Waals surface area contributed by atoms with E-state index < -0.39 is 46.3 Å².